The Bertz CT molecular complexity index is 1270. The van der Waals surface area contributed by atoms with Crippen molar-refractivity contribution in [2.45, 2.75) is 19.3 Å². The third-order valence-electron chi connectivity index (χ3n) is 5.01. The van der Waals surface area contributed by atoms with Gasteiger partial charge in [0.1, 0.15) is 11.6 Å². The molecule has 8 nitrogen and oxygen atoms in total. The zero-order valence-corrected chi connectivity index (χ0v) is 17.2. The second-order valence-electron chi connectivity index (χ2n) is 7.26. The number of ether oxygens (including phenoxy) is 1. The summed E-state index contributed by atoms with van der Waals surface area (Å²) in [7, 11) is 0. The summed E-state index contributed by atoms with van der Waals surface area (Å²) >= 11 is 0. The Morgan fingerprint density at radius 3 is 2.59 bits per heavy atom. The van der Waals surface area contributed by atoms with Crippen molar-refractivity contribution in [3.8, 4) is 22.8 Å². The SMILES string of the molecule is O=C(O)CCCCOc1ccc2nc(-c3ccccc3)n(-c3cccc([N+](=O)[O-])c3)c2c1. The Morgan fingerprint density at radius 2 is 1.84 bits per heavy atom. The van der Waals surface area contributed by atoms with Gasteiger partial charge in [0, 0.05) is 30.2 Å². The molecule has 0 aliphatic carbocycles. The van der Waals surface area contributed by atoms with Crippen LogP contribution in [0.2, 0.25) is 0 Å². The lowest BCUT2D eigenvalue weighted by molar-refractivity contribution is -0.384. The molecule has 0 radical (unpaired) electrons. The van der Waals surface area contributed by atoms with Crippen molar-refractivity contribution >= 4 is 22.7 Å². The summed E-state index contributed by atoms with van der Waals surface area (Å²) < 4.78 is 7.71. The number of nitro benzene ring substituents is 1. The number of nitro groups is 1. The van der Waals surface area contributed by atoms with Crippen LogP contribution in [0, 0.1) is 10.1 Å². The molecule has 0 aliphatic heterocycles. The topological polar surface area (TPSA) is 107 Å². The Kier molecular flexibility index (Phi) is 6.12. The molecule has 162 valence electrons. The van der Waals surface area contributed by atoms with E-state index in [1.165, 1.54) is 12.1 Å². The molecule has 4 aromatic rings. The van der Waals surface area contributed by atoms with E-state index in [-0.39, 0.29) is 12.1 Å². The van der Waals surface area contributed by atoms with E-state index in [1.54, 1.807) is 12.1 Å². The fraction of sp³-hybridized carbons (Fsp3) is 0.167. The number of non-ortho nitro benzene ring substituents is 1. The van der Waals surface area contributed by atoms with Crippen LogP contribution >= 0.6 is 0 Å². The van der Waals surface area contributed by atoms with E-state index in [0.29, 0.717) is 36.7 Å². The molecule has 0 saturated carbocycles. The Labute approximate surface area is 183 Å². The number of fused-ring (bicyclic) bond motifs is 1. The van der Waals surface area contributed by atoms with E-state index in [0.717, 1.165) is 16.6 Å². The summed E-state index contributed by atoms with van der Waals surface area (Å²) in [4.78, 5) is 26.3. The van der Waals surface area contributed by atoms with E-state index < -0.39 is 10.9 Å². The van der Waals surface area contributed by atoms with Crippen molar-refractivity contribution in [2.75, 3.05) is 6.61 Å². The third kappa shape index (κ3) is 4.59. The highest BCUT2D eigenvalue weighted by Gasteiger charge is 2.17. The highest BCUT2D eigenvalue weighted by molar-refractivity contribution is 5.84. The van der Waals surface area contributed by atoms with Crippen LogP contribution in [0.1, 0.15) is 19.3 Å². The van der Waals surface area contributed by atoms with E-state index in [2.05, 4.69) is 0 Å². The predicted molar refractivity (Wildman–Crippen MR) is 120 cm³/mol. The molecule has 8 heteroatoms. The standard InChI is InChI=1S/C24H21N3O5/c28-23(29)11-4-5-14-32-20-12-13-21-22(16-20)26(18-9-6-10-19(15-18)27(30)31)24(25-21)17-7-2-1-3-8-17/h1-3,6-10,12-13,15-16H,4-5,11,14H2,(H,28,29). The van der Waals surface area contributed by atoms with Crippen LogP contribution in [-0.4, -0.2) is 32.2 Å². The minimum absolute atomic E-state index is 0.00537. The molecule has 0 unspecified atom stereocenters. The first-order valence-corrected chi connectivity index (χ1v) is 10.2. The number of imidazole rings is 1. The van der Waals surface area contributed by atoms with E-state index >= 15 is 0 Å². The third-order valence-corrected chi connectivity index (χ3v) is 5.01. The van der Waals surface area contributed by atoms with Gasteiger partial charge in [-0.2, -0.15) is 0 Å². The summed E-state index contributed by atoms with van der Waals surface area (Å²) in [6, 6.07) is 21.6. The Hall–Kier alpha value is -4.20. The van der Waals surface area contributed by atoms with Gasteiger partial charge in [0.2, 0.25) is 0 Å². The van der Waals surface area contributed by atoms with Crippen LogP contribution < -0.4 is 4.74 Å². The second kappa shape index (κ2) is 9.30. The lowest BCUT2D eigenvalue weighted by Crippen LogP contribution is -2.01. The first kappa shape index (κ1) is 21.0. The van der Waals surface area contributed by atoms with Crippen LogP contribution in [0.5, 0.6) is 5.75 Å². The monoisotopic (exact) mass is 431 g/mol. The van der Waals surface area contributed by atoms with Gasteiger partial charge in [0.15, 0.2) is 0 Å². The number of hydrogen-bond donors (Lipinski definition) is 1. The van der Waals surface area contributed by atoms with Crippen LogP contribution in [0.15, 0.2) is 72.8 Å². The van der Waals surface area contributed by atoms with Crippen molar-refractivity contribution in [3.05, 3.63) is 82.9 Å². The van der Waals surface area contributed by atoms with Gasteiger partial charge < -0.3 is 9.84 Å². The second-order valence-corrected chi connectivity index (χ2v) is 7.26. The number of carboxylic acid groups (broad SMARTS) is 1. The maximum absolute atomic E-state index is 11.3. The van der Waals surface area contributed by atoms with Crippen molar-refractivity contribution in [1.82, 2.24) is 9.55 Å². The molecule has 0 atom stereocenters. The van der Waals surface area contributed by atoms with Gasteiger partial charge in [-0.25, -0.2) is 4.98 Å². The van der Waals surface area contributed by atoms with Gasteiger partial charge >= 0.3 is 5.97 Å². The van der Waals surface area contributed by atoms with Gasteiger partial charge in [-0.1, -0.05) is 36.4 Å². The minimum atomic E-state index is -0.819. The first-order valence-electron chi connectivity index (χ1n) is 10.2. The van der Waals surface area contributed by atoms with E-state index in [4.69, 9.17) is 14.8 Å². The number of nitrogens with zero attached hydrogens (tertiary/aromatic N) is 3. The van der Waals surface area contributed by atoms with Gasteiger partial charge in [0.05, 0.1) is 28.3 Å². The fourth-order valence-electron chi connectivity index (χ4n) is 3.50. The number of aromatic nitrogens is 2. The van der Waals surface area contributed by atoms with Crippen LogP contribution in [0.4, 0.5) is 5.69 Å². The average molecular weight is 431 g/mol. The van der Waals surface area contributed by atoms with Crippen molar-refractivity contribution in [3.63, 3.8) is 0 Å². The van der Waals surface area contributed by atoms with Crippen LogP contribution in [-0.2, 0) is 4.79 Å². The Morgan fingerprint density at radius 1 is 1.03 bits per heavy atom. The molecule has 0 amide bonds. The van der Waals surface area contributed by atoms with Crippen LogP contribution in [0.25, 0.3) is 28.1 Å². The lowest BCUT2D eigenvalue weighted by atomic mass is 10.2. The molecule has 1 N–H and O–H groups in total. The maximum Gasteiger partial charge on any atom is 0.303 e. The van der Waals surface area contributed by atoms with Crippen molar-refractivity contribution in [2.24, 2.45) is 0 Å². The zero-order chi connectivity index (χ0) is 22.5. The lowest BCUT2D eigenvalue weighted by Gasteiger charge is -2.11. The molecule has 0 saturated heterocycles. The molecule has 32 heavy (non-hydrogen) atoms. The van der Waals surface area contributed by atoms with Gasteiger partial charge in [-0.15, -0.1) is 0 Å². The summed E-state index contributed by atoms with van der Waals surface area (Å²) in [5, 5.41) is 20.1. The van der Waals surface area contributed by atoms with Crippen LogP contribution in [0.3, 0.4) is 0 Å². The molecule has 1 heterocycles. The molecule has 1 aromatic heterocycles. The largest absolute Gasteiger partial charge is 0.494 e. The minimum Gasteiger partial charge on any atom is -0.494 e. The fourth-order valence-corrected chi connectivity index (χ4v) is 3.50. The average Bonchev–Trinajstić information content (AvgIpc) is 3.18. The summed E-state index contributed by atoms with van der Waals surface area (Å²) in [6.07, 6.45) is 1.29. The molecule has 0 aliphatic rings. The van der Waals surface area contributed by atoms with Gasteiger partial charge in [0.25, 0.3) is 5.69 Å². The first-order chi connectivity index (χ1) is 15.5. The zero-order valence-electron chi connectivity index (χ0n) is 17.2. The smallest absolute Gasteiger partial charge is 0.303 e. The number of rotatable bonds is 9. The number of unbranched alkanes of at least 4 members (excludes halogenated alkanes) is 1. The Balaban J connectivity index is 1.75. The van der Waals surface area contributed by atoms with Gasteiger partial charge in [-0.05, 0) is 31.0 Å². The number of carbonyl (C=O) groups is 1. The maximum atomic E-state index is 11.3. The summed E-state index contributed by atoms with van der Waals surface area (Å²) in [5.74, 6) is 0.472. The predicted octanol–water partition coefficient (Wildman–Crippen LogP) is 5.23. The molecule has 0 bridgehead atoms. The highest BCUT2D eigenvalue weighted by Crippen LogP contribution is 2.32. The molecule has 3 aromatic carbocycles. The van der Waals surface area contributed by atoms with E-state index in [9.17, 15) is 14.9 Å². The molecule has 4 rings (SSSR count). The molecular weight excluding hydrogens is 410 g/mol. The number of aliphatic carboxylic acids is 1. The van der Waals surface area contributed by atoms with Gasteiger partial charge in [-0.3, -0.25) is 19.5 Å². The number of benzene rings is 3. The highest BCUT2D eigenvalue weighted by atomic mass is 16.6. The van der Waals surface area contributed by atoms with Crippen molar-refractivity contribution < 1.29 is 19.6 Å². The number of carboxylic acids is 1. The summed E-state index contributed by atoms with van der Waals surface area (Å²) in [5.41, 5.74) is 2.99. The molecular formula is C24H21N3O5. The van der Waals surface area contributed by atoms with Crippen molar-refractivity contribution in [1.29, 1.82) is 0 Å². The molecule has 0 fully saturated rings. The number of hydrogen-bond acceptors (Lipinski definition) is 5. The van der Waals surface area contributed by atoms with E-state index in [1.807, 2.05) is 53.1 Å². The normalized spacial score (nSPS) is 10.9. The summed E-state index contributed by atoms with van der Waals surface area (Å²) in [6.45, 7) is 0.398. The molecule has 0 spiro atoms. The quantitative estimate of drug-likeness (QED) is 0.221.